The Morgan fingerprint density at radius 2 is 2.18 bits per heavy atom. The zero-order valence-corrected chi connectivity index (χ0v) is 12.2. The topological polar surface area (TPSA) is 38.3 Å². The summed E-state index contributed by atoms with van der Waals surface area (Å²) in [5, 5.41) is 4.11. The third kappa shape index (κ3) is 4.50. The number of nitrogens with one attached hydrogen (secondary N) is 1. The van der Waals surface area contributed by atoms with E-state index in [4.69, 9.17) is 4.74 Å². The molecule has 1 atom stereocenters. The third-order valence-corrected chi connectivity index (χ3v) is 4.38. The second-order valence-corrected chi connectivity index (χ2v) is 6.43. The molecular weight excluding hydrogens is 281 g/mol. The van der Waals surface area contributed by atoms with Gasteiger partial charge >= 0.3 is 109 Å². The normalized spacial score (nSPS) is 12.2. The van der Waals surface area contributed by atoms with Crippen LogP contribution in [0.4, 0.5) is 0 Å². The van der Waals surface area contributed by atoms with Crippen LogP contribution in [0.2, 0.25) is 5.32 Å². The van der Waals surface area contributed by atoms with E-state index in [0.29, 0.717) is 15.0 Å². The molecule has 94 valence electrons. The number of carbonyl (C=O) groups is 1. The molecule has 4 heteroatoms. The van der Waals surface area contributed by atoms with Gasteiger partial charge in [-0.05, 0) is 0 Å². The van der Waals surface area contributed by atoms with Crippen molar-refractivity contribution in [1.82, 2.24) is 5.32 Å². The summed E-state index contributed by atoms with van der Waals surface area (Å²) in [6.45, 7) is 4.31. The van der Waals surface area contributed by atoms with Crippen LogP contribution in [-0.4, -0.2) is 34.6 Å². The monoisotopic (exact) mass is 301 g/mol. The first-order valence-electron chi connectivity index (χ1n) is 5.69. The van der Waals surface area contributed by atoms with Gasteiger partial charge in [0.2, 0.25) is 0 Å². The molecular formula is C13H19NO2Se. The van der Waals surface area contributed by atoms with Crippen molar-refractivity contribution >= 4 is 25.3 Å². The van der Waals surface area contributed by atoms with Crippen LogP contribution in [0.15, 0.2) is 24.3 Å². The SMILES string of the molecule is CC[Se]c1ccccc1[C@@H](C)NC(=O)COC. The number of hydrogen-bond acceptors (Lipinski definition) is 2. The van der Waals surface area contributed by atoms with E-state index in [1.165, 1.54) is 22.5 Å². The fourth-order valence-electron chi connectivity index (χ4n) is 1.62. The van der Waals surface area contributed by atoms with Gasteiger partial charge in [0, 0.05) is 0 Å². The van der Waals surface area contributed by atoms with E-state index >= 15 is 0 Å². The van der Waals surface area contributed by atoms with Gasteiger partial charge in [-0.25, -0.2) is 0 Å². The van der Waals surface area contributed by atoms with Crippen LogP contribution in [0, 0.1) is 0 Å². The Bertz CT molecular complexity index is 368. The number of benzene rings is 1. The Hall–Kier alpha value is -0.831. The van der Waals surface area contributed by atoms with Crippen molar-refractivity contribution in [3.8, 4) is 0 Å². The Balaban J connectivity index is 2.73. The van der Waals surface area contributed by atoms with Crippen molar-refractivity contribution < 1.29 is 9.53 Å². The van der Waals surface area contributed by atoms with Crippen molar-refractivity contribution in [3.05, 3.63) is 29.8 Å². The molecule has 0 spiro atoms. The third-order valence-electron chi connectivity index (χ3n) is 2.34. The average molecular weight is 300 g/mol. The summed E-state index contributed by atoms with van der Waals surface area (Å²) in [7, 11) is 1.53. The Morgan fingerprint density at radius 1 is 1.47 bits per heavy atom. The van der Waals surface area contributed by atoms with Crippen LogP contribution >= 0.6 is 0 Å². The fourth-order valence-corrected chi connectivity index (χ4v) is 3.50. The van der Waals surface area contributed by atoms with E-state index in [1.54, 1.807) is 0 Å². The molecule has 17 heavy (non-hydrogen) atoms. The standard InChI is InChI=1S/C13H19NO2Se/c1-4-17-12-8-6-5-7-11(12)10(2)14-13(15)9-16-3/h5-8,10H,4,9H2,1-3H3,(H,14,15)/t10-/m1/s1. The fraction of sp³-hybridized carbons (Fsp3) is 0.462. The van der Waals surface area contributed by atoms with E-state index in [2.05, 4.69) is 30.4 Å². The number of methoxy groups -OCH3 is 1. The molecule has 0 aliphatic carbocycles. The summed E-state index contributed by atoms with van der Waals surface area (Å²) in [6.07, 6.45) is 0. The number of hydrogen-bond donors (Lipinski definition) is 1. The van der Waals surface area contributed by atoms with Crippen molar-refractivity contribution in [1.29, 1.82) is 0 Å². The van der Waals surface area contributed by atoms with Gasteiger partial charge in [-0.1, -0.05) is 0 Å². The zero-order chi connectivity index (χ0) is 12.7. The van der Waals surface area contributed by atoms with Crippen LogP contribution in [0.1, 0.15) is 25.5 Å². The molecule has 1 amide bonds. The molecule has 1 N–H and O–H groups in total. The van der Waals surface area contributed by atoms with Crippen molar-refractivity contribution in [3.63, 3.8) is 0 Å². The van der Waals surface area contributed by atoms with Gasteiger partial charge in [0.15, 0.2) is 0 Å². The van der Waals surface area contributed by atoms with E-state index in [1.807, 2.05) is 13.0 Å². The van der Waals surface area contributed by atoms with Gasteiger partial charge in [0.1, 0.15) is 0 Å². The molecule has 0 radical (unpaired) electrons. The number of rotatable bonds is 6. The predicted octanol–water partition coefficient (Wildman–Crippen LogP) is 1.28. The second-order valence-electron chi connectivity index (χ2n) is 3.69. The van der Waals surface area contributed by atoms with E-state index in [0.717, 1.165) is 0 Å². The average Bonchev–Trinajstić information content (AvgIpc) is 2.30. The van der Waals surface area contributed by atoms with Crippen LogP contribution in [0.5, 0.6) is 0 Å². The summed E-state index contributed by atoms with van der Waals surface area (Å²) >= 11 is 0.483. The number of ether oxygens (including phenoxy) is 1. The summed E-state index contributed by atoms with van der Waals surface area (Å²) in [5.74, 6) is -0.0706. The predicted molar refractivity (Wildman–Crippen MR) is 70.7 cm³/mol. The molecule has 1 aromatic carbocycles. The molecule has 0 saturated carbocycles. The first-order valence-corrected chi connectivity index (χ1v) is 7.75. The van der Waals surface area contributed by atoms with Gasteiger partial charge in [-0.15, -0.1) is 0 Å². The first kappa shape index (κ1) is 14.2. The molecule has 0 aromatic heterocycles. The molecule has 0 aliphatic rings. The summed E-state index contributed by atoms with van der Waals surface area (Å²) in [4.78, 5) is 11.5. The minimum absolute atomic E-state index is 0.0438. The van der Waals surface area contributed by atoms with E-state index in [9.17, 15) is 4.79 Å². The molecule has 0 aliphatic heterocycles. The number of amides is 1. The molecule has 0 fully saturated rings. The van der Waals surface area contributed by atoms with Gasteiger partial charge in [0.25, 0.3) is 0 Å². The number of carbonyl (C=O) groups excluding carboxylic acids is 1. The van der Waals surface area contributed by atoms with Gasteiger partial charge in [0.05, 0.1) is 0 Å². The molecule has 0 saturated heterocycles. The summed E-state index contributed by atoms with van der Waals surface area (Å²) in [6, 6.07) is 8.36. The Labute approximate surface area is 109 Å². The molecule has 0 heterocycles. The van der Waals surface area contributed by atoms with Crippen molar-refractivity contribution in [2.45, 2.75) is 25.2 Å². The van der Waals surface area contributed by atoms with E-state index in [-0.39, 0.29) is 18.6 Å². The summed E-state index contributed by atoms with van der Waals surface area (Å²) < 4.78 is 6.18. The molecule has 0 unspecified atom stereocenters. The van der Waals surface area contributed by atoms with Crippen LogP contribution in [0.25, 0.3) is 0 Å². The van der Waals surface area contributed by atoms with Crippen LogP contribution in [-0.2, 0) is 9.53 Å². The molecule has 1 rings (SSSR count). The van der Waals surface area contributed by atoms with Gasteiger partial charge < -0.3 is 0 Å². The van der Waals surface area contributed by atoms with Crippen molar-refractivity contribution in [2.24, 2.45) is 0 Å². The van der Waals surface area contributed by atoms with Gasteiger partial charge in [-0.2, -0.15) is 0 Å². The first-order chi connectivity index (χ1) is 8.19. The van der Waals surface area contributed by atoms with Crippen LogP contribution < -0.4 is 9.78 Å². The Morgan fingerprint density at radius 3 is 2.82 bits per heavy atom. The van der Waals surface area contributed by atoms with Crippen LogP contribution in [0.3, 0.4) is 0 Å². The quantitative estimate of drug-likeness (QED) is 0.804. The van der Waals surface area contributed by atoms with E-state index < -0.39 is 0 Å². The summed E-state index contributed by atoms with van der Waals surface area (Å²) in [5.41, 5.74) is 1.22. The minimum atomic E-state index is -0.0706. The van der Waals surface area contributed by atoms with Gasteiger partial charge in [-0.3, -0.25) is 0 Å². The molecule has 3 nitrogen and oxygen atoms in total. The maximum atomic E-state index is 11.5. The molecule has 1 aromatic rings. The Kier molecular flexibility index (Phi) is 6.27. The van der Waals surface area contributed by atoms with Crippen molar-refractivity contribution in [2.75, 3.05) is 13.7 Å². The zero-order valence-electron chi connectivity index (χ0n) is 10.5. The maximum absolute atomic E-state index is 11.5. The molecule has 0 bridgehead atoms. The second kappa shape index (κ2) is 7.49.